The van der Waals surface area contributed by atoms with E-state index in [0.29, 0.717) is 0 Å². The summed E-state index contributed by atoms with van der Waals surface area (Å²) in [6.45, 7) is 10.7. The van der Waals surface area contributed by atoms with E-state index < -0.39 is 11.9 Å². The smallest absolute Gasteiger partial charge is 0.317 e. The number of ether oxygens (including phenoxy) is 2. The molecule has 0 atom stereocenters. The fourth-order valence-electron chi connectivity index (χ4n) is 1.15. The number of carbonyl (C=O) groups is 2. The van der Waals surface area contributed by atoms with Gasteiger partial charge in [-0.3, -0.25) is 9.59 Å². The maximum absolute atomic E-state index is 10.6. The first-order valence-corrected chi connectivity index (χ1v) is 6.79. The molecule has 0 aliphatic carbocycles. The van der Waals surface area contributed by atoms with Gasteiger partial charge in [0, 0.05) is 0 Å². The average Bonchev–Trinajstić information content (AvgIpc) is 2.27. The van der Waals surface area contributed by atoms with E-state index in [2.05, 4.69) is 30.2 Å². The van der Waals surface area contributed by atoms with Gasteiger partial charge in [-0.25, -0.2) is 0 Å². The van der Waals surface area contributed by atoms with Gasteiger partial charge in [-0.05, 0) is 19.8 Å². The van der Waals surface area contributed by atoms with Crippen molar-refractivity contribution in [1.29, 1.82) is 0 Å². The molecule has 18 heavy (non-hydrogen) atoms. The van der Waals surface area contributed by atoms with Gasteiger partial charge < -0.3 is 9.47 Å². The Hall–Kier alpha value is -1.06. The van der Waals surface area contributed by atoms with Gasteiger partial charge in [-0.15, -0.1) is 0 Å². The van der Waals surface area contributed by atoms with Crippen LogP contribution in [0.1, 0.15) is 60.3 Å². The number of hydrogen-bond acceptors (Lipinski definition) is 4. The topological polar surface area (TPSA) is 52.6 Å². The Morgan fingerprint density at radius 3 is 1.61 bits per heavy atom. The highest BCUT2D eigenvalue weighted by Crippen LogP contribution is 2.04. The van der Waals surface area contributed by atoms with Crippen molar-refractivity contribution in [2.45, 2.75) is 60.3 Å². The Labute approximate surface area is 111 Å². The van der Waals surface area contributed by atoms with Crippen molar-refractivity contribution in [3.8, 4) is 0 Å². The molecule has 0 aromatic carbocycles. The maximum atomic E-state index is 10.6. The molecule has 0 aliphatic heterocycles. The summed E-state index contributed by atoms with van der Waals surface area (Å²) in [5, 5.41) is 0. The Bertz CT molecular complexity index is 196. The summed E-state index contributed by atoms with van der Waals surface area (Å²) in [5.41, 5.74) is 0. The normalized spacial score (nSPS) is 9.44. The Morgan fingerprint density at radius 1 is 0.944 bits per heavy atom. The number of hydrogen-bond donors (Lipinski definition) is 0. The predicted octanol–water partition coefficient (Wildman–Crippen LogP) is 3.34. The fourth-order valence-corrected chi connectivity index (χ4v) is 1.15. The van der Waals surface area contributed by atoms with Crippen molar-refractivity contribution in [3.63, 3.8) is 0 Å². The third-order valence-corrected chi connectivity index (χ3v) is 2.03. The molecule has 0 aromatic rings. The molecule has 0 saturated heterocycles. The van der Waals surface area contributed by atoms with Crippen LogP contribution in [0, 0.1) is 5.92 Å². The lowest BCUT2D eigenvalue weighted by Gasteiger charge is -2.00. The molecule has 0 amide bonds. The van der Waals surface area contributed by atoms with E-state index in [1.807, 2.05) is 0 Å². The molecule has 0 unspecified atom stereocenters. The van der Waals surface area contributed by atoms with Crippen LogP contribution >= 0.6 is 0 Å². The summed E-state index contributed by atoms with van der Waals surface area (Å²) in [4.78, 5) is 21.2. The standard InChI is InChI=1S/C7H12O4.C7H16/c1-3-10-6(8)5-7(9)11-4-2;1-4-5-6-7(2)3/h3-5H2,1-2H3;7H,4-6H2,1-3H3. The van der Waals surface area contributed by atoms with Crippen LogP contribution in [-0.4, -0.2) is 25.2 Å². The minimum absolute atomic E-state index is 0.290. The zero-order valence-electron chi connectivity index (χ0n) is 12.5. The number of carbonyl (C=O) groups excluding carboxylic acids is 2. The van der Waals surface area contributed by atoms with Crippen LogP contribution in [0.4, 0.5) is 0 Å². The monoisotopic (exact) mass is 260 g/mol. The van der Waals surface area contributed by atoms with Gasteiger partial charge in [0.25, 0.3) is 0 Å². The van der Waals surface area contributed by atoms with E-state index >= 15 is 0 Å². The highest BCUT2D eigenvalue weighted by Gasteiger charge is 2.09. The fraction of sp³-hybridized carbons (Fsp3) is 0.857. The second-order valence-corrected chi connectivity index (χ2v) is 4.32. The zero-order valence-corrected chi connectivity index (χ0v) is 12.5. The van der Waals surface area contributed by atoms with Crippen molar-refractivity contribution >= 4 is 11.9 Å². The minimum atomic E-state index is -0.536. The van der Waals surface area contributed by atoms with E-state index in [-0.39, 0.29) is 19.6 Å². The summed E-state index contributed by atoms with van der Waals surface area (Å²) < 4.78 is 9.04. The second-order valence-electron chi connectivity index (χ2n) is 4.32. The summed E-state index contributed by atoms with van der Waals surface area (Å²) in [7, 11) is 0. The van der Waals surface area contributed by atoms with Crippen LogP contribution in [-0.2, 0) is 19.1 Å². The molecule has 108 valence electrons. The SMILES string of the molecule is CCCCC(C)C.CCOC(=O)CC(=O)OCC. The van der Waals surface area contributed by atoms with Gasteiger partial charge in [0.2, 0.25) is 0 Å². The molecular weight excluding hydrogens is 232 g/mol. The summed E-state index contributed by atoms with van der Waals surface area (Å²) in [6, 6.07) is 0. The van der Waals surface area contributed by atoms with Crippen molar-refractivity contribution < 1.29 is 19.1 Å². The number of esters is 2. The Morgan fingerprint density at radius 2 is 1.39 bits per heavy atom. The molecule has 0 saturated carbocycles. The predicted molar refractivity (Wildman–Crippen MR) is 72.2 cm³/mol. The van der Waals surface area contributed by atoms with E-state index in [1.165, 1.54) is 19.3 Å². The van der Waals surface area contributed by atoms with Crippen molar-refractivity contribution in [2.24, 2.45) is 5.92 Å². The molecule has 0 aromatic heterocycles. The van der Waals surface area contributed by atoms with Crippen molar-refractivity contribution in [2.75, 3.05) is 13.2 Å². The minimum Gasteiger partial charge on any atom is -0.466 e. The van der Waals surface area contributed by atoms with Crippen LogP contribution in [0.15, 0.2) is 0 Å². The van der Waals surface area contributed by atoms with Crippen LogP contribution in [0.25, 0.3) is 0 Å². The summed E-state index contributed by atoms with van der Waals surface area (Å²) >= 11 is 0. The third-order valence-electron chi connectivity index (χ3n) is 2.03. The first kappa shape index (κ1) is 19.3. The van der Waals surface area contributed by atoms with Gasteiger partial charge >= 0.3 is 11.9 Å². The quantitative estimate of drug-likeness (QED) is 0.520. The van der Waals surface area contributed by atoms with Gasteiger partial charge in [-0.2, -0.15) is 0 Å². The lowest BCUT2D eigenvalue weighted by Crippen LogP contribution is -2.13. The van der Waals surface area contributed by atoms with Crippen molar-refractivity contribution in [3.05, 3.63) is 0 Å². The average molecular weight is 260 g/mol. The lowest BCUT2D eigenvalue weighted by atomic mass is 10.1. The maximum Gasteiger partial charge on any atom is 0.317 e. The molecule has 0 bridgehead atoms. The van der Waals surface area contributed by atoms with Crippen LogP contribution in [0.2, 0.25) is 0 Å². The van der Waals surface area contributed by atoms with Crippen LogP contribution < -0.4 is 0 Å². The highest BCUT2D eigenvalue weighted by molar-refractivity contribution is 5.91. The van der Waals surface area contributed by atoms with E-state index in [9.17, 15) is 9.59 Å². The summed E-state index contributed by atoms with van der Waals surface area (Å²) in [6.07, 6.45) is 3.86. The Balaban J connectivity index is 0. The first-order chi connectivity index (χ1) is 8.47. The van der Waals surface area contributed by atoms with E-state index in [0.717, 1.165) is 5.92 Å². The summed E-state index contributed by atoms with van der Waals surface area (Å²) in [5.74, 6) is -0.170. The Kier molecular flexibility index (Phi) is 15.0. The molecule has 0 aliphatic rings. The van der Waals surface area contributed by atoms with Crippen LogP contribution in [0.3, 0.4) is 0 Å². The van der Waals surface area contributed by atoms with Crippen LogP contribution in [0.5, 0.6) is 0 Å². The molecule has 0 heterocycles. The first-order valence-electron chi connectivity index (χ1n) is 6.79. The molecule has 0 fully saturated rings. The van der Waals surface area contributed by atoms with Gasteiger partial charge in [0.15, 0.2) is 0 Å². The molecule has 0 spiro atoms. The molecule has 4 nitrogen and oxygen atoms in total. The van der Waals surface area contributed by atoms with Gasteiger partial charge in [-0.1, -0.05) is 40.0 Å². The zero-order chi connectivity index (χ0) is 14.4. The molecule has 0 N–H and O–H groups in total. The lowest BCUT2D eigenvalue weighted by molar-refractivity contribution is -0.153. The number of unbranched alkanes of at least 4 members (excludes halogenated alkanes) is 1. The largest absolute Gasteiger partial charge is 0.466 e. The third kappa shape index (κ3) is 17.3. The molecular formula is C14H28O4. The van der Waals surface area contributed by atoms with E-state index in [1.54, 1.807) is 13.8 Å². The highest BCUT2D eigenvalue weighted by atomic mass is 16.5. The second kappa shape index (κ2) is 14.0. The molecule has 0 rings (SSSR count). The van der Waals surface area contributed by atoms with Gasteiger partial charge in [0.05, 0.1) is 13.2 Å². The molecule has 4 heteroatoms. The van der Waals surface area contributed by atoms with Crippen molar-refractivity contribution in [1.82, 2.24) is 0 Å². The number of rotatable bonds is 7. The van der Waals surface area contributed by atoms with Gasteiger partial charge in [0.1, 0.15) is 6.42 Å². The molecule has 0 radical (unpaired) electrons. The van der Waals surface area contributed by atoms with E-state index in [4.69, 9.17) is 0 Å².